The molecule has 4 rings (SSSR count). The molecule has 0 radical (unpaired) electrons. The minimum absolute atomic E-state index is 0.0185. The zero-order valence-electron chi connectivity index (χ0n) is 16.8. The molecule has 3 aromatic carbocycles. The molecule has 1 aromatic heterocycles. The van der Waals surface area contributed by atoms with Crippen molar-refractivity contribution in [3.05, 3.63) is 98.8 Å². The van der Waals surface area contributed by atoms with Crippen molar-refractivity contribution in [2.45, 2.75) is 23.0 Å². The molecule has 158 valence electrons. The second kappa shape index (κ2) is 10.1. The Morgan fingerprint density at radius 2 is 1.65 bits per heavy atom. The molecule has 0 N–H and O–H groups in total. The SMILES string of the molecule is C[C@H](c1ccccc1)n1c(SCCSc2cc(Cl)ccc2Cl)nc2ccccc2c1=O. The van der Waals surface area contributed by atoms with Crippen LogP contribution >= 0.6 is 46.7 Å². The highest BCUT2D eigenvalue weighted by Crippen LogP contribution is 2.31. The summed E-state index contributed by atoms with van der Waals surface area (Å²) in [6.07, 6.45) is 0. The first-order valence-electron chi connectivity index (χ1n) is 9.81. The van der Waals surface area contributed by atoms with Crippen molar-refractivity contribution < 1.29 is 0 Å². The number of nitrogens with zero attached hydrogens (tertiary/aromatic N) is 2. The molecular formula is C24H20Cl2N2OS2. The number of halogens is 2. The largest absolute Gasteiger partial charge is 0.280 e. The highest BCUT2D eigenvalue weighted by atomic mass is 35.5. The third kappa shape index (κ3) is 5.12. The Bertz CT molecular complexity index is 1260. The Hall–Kier alpha value is -1.92. The molecule has 0 unspecified atom stereocenters. The van der Waals surface area contributed by atoms with Gasteiger partial charge in [-0.2, -0.15) is 0 Å². The molecule has 0 saturated carbocycles. The van der Waals surface area contributed by atoms with Gasteiger partial charge >= 0.3 is 0 Å². The molecule has 1 atom stereocenters. The van der Waals surface area contributed by atoms with Crippen LogP contribution < -0.4 is 5.56 Å². The monoisotopic (exact) mass is 486 g/mol. The van der Waals surface area contributed by atoms with E-state index in [1.165, 1.54) is 0 Å². The van der Waals surface area contributed by atoms with Crippen molar-refractivity contribution in [2.24, 2.45) is 0 Å². The number of hydrogen-bond donors (Lipinski definition) is 0. The number of thioether (sulfide) groups is 2. The third-order valence-corrected chi connectivity index (χ3v) is 7.86. The molecule has 0 spiro atoms. The van der Waals surface area contributed by atoms with Crippen LogP contribution in [0.3, 0.4) is 0 Å². The van der Waals surface area contributed by atoms with Crippen molar-refractivity contribution in [1.82, 2.24) is 9.55 Å². The number of aromatic nitrogens is 2. The molecule has 0 aliphatic carbocycles. The second-order valence-electron chi connectivity index (χ2n) is 6.95. The summed E-state index contributed by atoms with van der Waals surface area (Å²) in [6, 6.07) is 22.9. The predicted molar refractivity (Wildman–Crippen MR) is 134 cm³/mol. The normalized spacial score (nSPS) is 12.2. The van der Waals surface area contributed by atoms with Crippen LogP contribution in [0.5, 0.6) is 0 Å². The smallest absolute Gasteiger partial charge is 0.262 e. The lowest BCUT2D eigenvalue weighted by Crippen LogP contribution is -2.27. The lowest BCUT2D eigenvalue weighted by molar-refractivity contribution is 0.549. The molecule has 1 heterocycles. The number of para-hydroxylation sites is 1. The average Bonchev–Trinajstić information content (AvgIpc) is 2.79. The summed E-state index contributed by atoms with van der Waals surface area (Å²) in [7, 11) is 0. The van der Waals surface area contributed by atoms with Gasteiger partial charge in [-0.1, -0.05) is 77.4 Å². The fraction of sp³-hybridized carbons (Fsp3) is 0.167. The summed E-state index contributed by atoms with van der Waals surface area (Å²) in [5.41, 5.74) is 1.77. The van der Waals surface area contributed by atoms with Crippen molar-refractivity contribution in [1.29, 1.82) is 0 Å². The highest BCUT2D eigenvalue weighted by molar-refractivity contribution is 8.03. The van der Waals surface area contributed by atoms with E-state index in [9.17, 15) is 4.79 Å². The summed E-state index contributed by atoms with van der Waals surface area (Å²) < 4.78 is 1.80. The summed E-state index contributed by atoms with van der Waals surface area (Å²) in [5.74, 6) is 1.59. The molecule has 0 aliphatic rings. The lowest BCUT2D eigenvalue weighted by Gasteiger charge is -2.20. The molecule has 0 fully saturated rings. The quantitative estimate of drug-likeness (QED) is 0.157. The van der Waals surface area contributed by atoms with E-state index >= 15 is 0 Å². The van der Waals surface area contributed by atoms with Gasteiger partial charge in [0.25, 0.3) is 5.56 Å². The first-order chi connectivity index (χ1) is 15.0. The standard InChI is InChI=1S/C24H20Cl2N2OS2/c1-16(17-7-3-2-4-8-17)28-23(29)19-9-5-6-10-21(19)27-24(28)31-14-13-30-22-15-18(25)11-12-20(22)26/h2-12,15-16H,13-14H2,1H3/t16-/m1/s1. The van der Waals surface area contributed by atoms with Crippen molar-refractivity contribution in [2.75, 3.05) is 11.5 Å². The van der Waals surface area contributed by atoms with Gasteiger partial charge in [0.15, 0.2) is 5.16 Å². The Morgan fingerprint density at radius 1 is 0.935 bits per heavy atom. The van der Waals surface area contributed by atoms with Gasteiger partial charge in [-0.25, -0.2) is 4.98 Å². The van der Waals surface area contributed by atoms with E-state index in [2.05, 4.69) is 0 Å². The number of rotatable bonds is 7. The van der Waals surface area contributed by atoms with Gasteiger partial charge in [0, 0.05) is 21.4 Å². The molecule has 0 saturated heterocycles. The van der Waals surface area contributed by atoms with Crippen LogP contribution in [0.15, 0.2) is 87.6 Å². The van der Waals surface area contributed by atoms with Crippen LogP contribution in [-0.2, 0) is 0 Å². The fourth-order valence-electron chi connectivity index (χ4n) is 3.32. The predicted octanol–water partition coefficient (Wildman–Crippen LogP) is 7.20. The first-order valence-corrected chi connectivity index (χ1v) is 12.5. The Morgan fingerprint density at radius 3 is 2.45 bits per heavy atom. The van der Waals surface area contributed by atoms with E-state index in [4.69, 9.17) is 28.2 Å². The second-order valence-corrected chi connectivity index (χ2v) is 9.99. The zero-order chi connectivity index (χ0) is 21.8. The summed E-state index contributed by atoms with van der Waals surface area (Å²) in [4.78, 5) is 19.2. The van der Waals surface area contributed by atoms with Crippen molar-refractivity contribution in [3.63, 3.8) is 0 Å². The lowest BCUT2D eigenvalue weighted by atomic mass is 10.1. The summed E-state index contributed by atoms with van der Waals surface area (Å²) in [6.45, 7) is 2.04. The Kier molecular flexibility index (Phi) is 7.28. The number of hydrogen-bond acceptors (Lipinski definition) is 4. The molecule has 4 aromatic rings. The van der Waals surface area contributed by atoms with Gasteiger partial charge in [0.1, 0.15) is 0 Å². The van der Waals surface area contributed by atoms with Crippen molar-refractivity contribution >= 4 is 57.6 Å². The van der Waals surface area contributed by atoms with E-state index in [1.54, 1.807) is 34.2 Å². The fourth-order valence-corrected chi connectivity index (χ4v) is 5.87. The van der Waals surface area contributed by atoms with Gasteiger partial charge in [0.05, 0.1) is 22.0 Å². The molecule has 0 amide bonds. The van der Waals surface area contributed by atoms with E-state index in [1.807, 2.05) is 73.7 Å². The topological polar surface area (TPSA) is 34.9 Å². The maximum absolute atomic E-state index is 13.4. The van der Waals surface area contributed by atoms with E-state index < -0.39 is 0 Å². The van der Waals surface area contributed by atoms with Crippen LogP contribution in [0.2, 0.25) is 10.0 Å². The van der Waals surface area contributed by atoms with Crippen LogP contribution in [0, 0.1) is 0 Å². The van der Waals surface area contributed by atoms with Gasteiger partial charge in [-0.3, -0.25) is 9.36 Å². The molecule has 0 aliphatic heterocycles. The first kappa shape index (κ1) is 22.3. The van der Waals surface area contributed by atoms with Crippen LogP contribution in [0.1, 0.15) is 18.5 Å². The van der Waals surface area contributed by atoms with Gasteiger partial charge in [-0.05, 0) is 42.8 Å². The van der Waals surface area contributed by atoms with Gasteiger partial charge in [0.2, 0.25) is 0 Å². The van der Waals surface area contributed by atoms with E-state index in [-0.39, 0.29) is 11.6 Å². The average molecular weight is 487 g/mol. The Labute approximate surface area is 199 Å². The number of fused-ring (bicyclic) bond motifs is 1. The molecule has 3 nitrogen and oxygen atoms in total. The highest BCUT2D eigenvalue weighted by Gasteiger charge is 2.18. The molecule has 7 heteroatoms. The van der Waals surface area contributed by atoms with Gasteiger partial charge < -0.3 is 0 Å². The Balaban J connectivity index is 1.61. The van der Waals surface area contributed by atoms with Gasteiger partial charge in [-0.15, -0.1) is 11.8 Å². The van der Waals surface area contributed by atoms with E-state index in [0.29, 0.717) is 15.4 Å². The minimum atomic E-state index is -0.122. The zero-order valence-corrected chi connectivity index (χ0v) is 19.9. The molecule has 31 heavy (non-hydrogen) atoms. The summed E-state index contributed by atoms with van der Waals surface area (Å²) in [5, 5.41) is 2.71. The van der Waals surface area contributed by atoms with Crippen LogP contribution in [0.4, 0.5) is 0 Å². The summed E-state index contributed by atoms with van der Waals surface area (Å²) >= 11 is 15.6. The molecule has 0 bridgehead atoms. The van der Waals surface area contributed by atoms with Crippen molar-refractivity contribution in [3.8, 4) is 0 Å². The minimum Gasteiger partial charge on any atom is -0.280 e. The number of benzene rings is 3. The van der Waals surface area contributed by atoms with E-state index in [0.717, 1.165) is 32.6 Å². The maximum atomic E-state index is 13.4. The maximum Gasteiger partial charge on any atom is 0.262 e. The third-order valence-electron chi connectivity index (χ3n) is 4.91. The van der Waals surface area contributed by atoms with Crippen LogP contribution in [-0.4, -0.2) is 21.1 Å². The molecular weight excluding hydrogens is 467 g/mol. The van der Waals surface area contributed by atoms with Crippen LogP contribution in [0.25, 0.3) is 10.9 Å².